The molecule has 1 atom stereocenters. The predicted molar refractivity (Wildman–Crippen MR) is 74.9 cm³/mol. The molecule has 7 nitrogen and oxygen atoms in total. The van der Waals surface area contributed by atoms with Crippen molar-refractivity contribution >= 4 is 26.8 Å². The van der Waals surface area contributed by atoms with Crippen LogP contribution in [0.25, 0.3) is 10.9 Å². The van der Waals surface area contributed by atoms with Gasteiger partial charge in [0.2, 0.25) is 10.0 Å². The normalized spacial score (nSPS) is 14.3. The van der Waals surface area contributed by atoms with Crippen LogP contribution < -0.4 is 10.5 Å². The van der Waals surface area contributed by atoms with E-state index >= 15 is 0 Å². The number of pyridine rings is 1. The fraction of sp³-hybridized carbons (Fsp3) is 0.167. The highest BCUT2D eigenvalue weighted by Crippen LogP contribution is 2.21. The van der Waals surface area contributed by atoms with E-state index in [9.17, 15) is 8.42 Å². The van der Waals surface area contributed by atoms with E-state index in [1.165, 1.54) is 13.0 Å². The summed E-state index contributed by atoms with van der Waals surface area (Å²) in [4.78, 5) is 4.20. The van der Waals surface area contributed by atoms with E-state index in [0.717, 1.165) is 0 Å². The maximum Gasteiger partial charge on any atom is 0.241 e. The largest absolute Gasteiger partial charge is 0.409 e. The number of nitrogens with one attached hydrogen (secondary N) is 1. The van der Waals surface area contributed by atoms with Crippen molar-refractivity contribution in [1.82, 2.24) is 9.71 Å². The molecule has 8 heteroatoms. The van der Waals surface area contributed by atoms with Gasteiger partial charge in [0.05, 0.1) is 16.5 Å². The summed E-state index contributed by atoms with van der Waals surface area (Å²) in [6.07, 6.45) is 1.59. The number of aromatic nitrogens is 1. The molecule has 0 radical (unpaired) electrons. The zero-order valence-electron chi connectivity index (χ0n) is 10.7. The smallest absolute Gasteiger partial charge is 0.241 e. The van der Waals surface area contributed by atoms with Crippen LogP contribution in [0.1, 0.15) is 6.92 Å². The van der Waals surface area contributed by atoms with E-state index in [1.807, 2.05) is 0 Å². The van der Waals surface area contributed by atoms with E-state index in [4.69, 9.17) is 10.9 Å². The second-order valence-electron chi connectivity index (χ2n) is 4.19. The molecule has 0 amide bonds. The van der Waals surface area contributed by atoms with Crippen LogP contribution in [0, 0.1) is 0 Å². The van der Waals surface area contributed by atoms with E-state index in [1.54, 1.807) is 30.5 Å². The molecule has 2 aromatic rings. The number of hydrogen-bond acceptors (Lipinski definition) is 5. The number of sulfonamides is 1. The average Bonchev–Trinajstić information content (AvgIpc) is 2.45. The number of nitrogens with zero attached hydrogens (tertiary/aromatic N) is 2. The number of benzene rings is 1. The minimum atomic E-state index is -3.80. The van der Waals surface area contributed by atoms with Gasteiger partial charge in [0.25, 0.3) is 0 Å². The molecule has 0 saturated carbocycles. The van der Waals surface area contributed by atoms with Crippen LogP contribution >= 0.6 is 0 Å². The SMILES string of the molecule is CC(NS(=O)(=O)c1cccc2ncccc12)/C(N)=N/O. The molecule has 106 valence electrons. The number of fused-ring (bicyclic) bond motifs is 1. The highest BCUT2D eigenvalue weighted by atomic mass is 32.2. The summed E-state index contributed by atoms with van der Waals surface area (Å²) in [6.45, 7) is 1.48. The molecule has 1 unspecified atom stereocenters. The summed E-state index contributed by atoms with van der Waals surface area (Å²) in [5.41, 5.74) is 5.95. The van der Waals surface area contributed by atoms with Crippen molar-refractivity contribution in [1.29, 1.82) is 0 Å². The zero-order chi connectivity index (χ0) is 14.8. The number of hydrogen-bond donors (Lipinski definition) is 3. The standard InChI is InChI=1S/C12H14N4O3S/c1-8(12(13)15-17)16-20(18,19)11-6-2-5-10-9(11)4-3-7-14-10/h2-8,16-17H,1H3,(H2,13,15). The molecule has 0 saturated heterocycles. The highest BCUT2D eigenvalue weighted by Gasteiger charge is 2.21. The van der Waals surface area contributed by atoms with Gasteiger partial charge in [-0.1, -0.05) is 11.2 Å². The Balaban J connectivity index is 2.47. The molecule has 0 aliphatic carbocycles. The van der Waals surface area contributed by atoms with Crippen LogP contribution in [0.2, 0.25) is 0 Å². The monoisotopic (exact) mass is 294 g/mol. The Morgan fingerprint density at radius 2 is 2.15 bits per heavy atom. The van der Waals surface area contributed by atoms with Gasteiger partial charge in [0.1, 0.15) is 0 Å². The second-order valence-corrected chi connectivity index (χ2v) is 5.88. The van der Waals surface area contributed by atoms with Crippen molar-refractivity contribution < 1.29 is 13.6 Å². The number of rotatable bonds is 4. The Bertz CT molecular complexity index is 753. The Morgan fingerprint density at radius 1 is 1.40 bits per heavy atom. The molecule has 0 aliphatic heterocycles. The lowest BCUT2D eigenvalue weighted by Crippen LogP contribution is -2.42. The maximum absolute atomic E-state index is 12.3. The van der Waals surface area contributed by atoms with E-state index in [0.29, 0.717) is 10.9 Å². The maximum atomic E-state index is 12.3. The molecule has 0 spiro atoms. The third-order valence-electron chi connectivity index (χ3n) is 2.79. The zero-order valence-corrected chi connectivity index (χ0v) is 11.5. The molecule has 0 bridgehead atoms. The molecule has 1 aromatic carbocycles. The van der Waals surface area contributed by atoms with Crippen LogP contribution in [0.3, 0.4) is 0 Å². The van der Waals surface area contributed by atoms with Crippen molar-refractivity contribution in [2.45, 2.75) is 17.9 Å². The molecule has 20 heavy (non-hydrogen) atoms. The van der Waals surface area contributed by atoms with Gasteiger partial charge in [-0.05, 0) is 31.2 Å². The van der Waals surface area contributed by atoms with Gasteiger partial charge in [-0.3, -0.25) is 4.98 Å². The lowest BCUT2D eigenvalue weighted by molar-refractivity contribution is 0.316. The van der Waals surface area contributed by atoms with Crippen molar-refractivity contribution in [2.75, 3.05) is 0 Å². The summed E-state index contributed by atoms with van der Waals surface area (Å²) in [7, 11) is -3.80. The molecular formula is C12H14N4O3S. The van der Waals surface area contributed by atoms with Crippen LogP contribution in [-0.2, 0) is 10.0 Å². The van der Waals surface area contributed by atoms with Crippen molar-refractivity contribution in [2.24, 2.45) is 10.9 Å². The summed E-state index contributed by atoms with van der Waals surface area (Å²) in [5, 5.41) is 11.9. The number of nitrogens with two attached hydrogens (primary N) is 1. The van der Waals surface area contributed by atoms with Gasteiger partial charge in [-0.2, -0.15) is 0 Å². The van der Waals surface area contributed by atoms with Crippen LogP contribution in [0.5, 0.6) is 0 Å². The van der Waals surface area contributed by atoms with Crippen molar-refractivity contribution in [3.05, 3.63) is 36.5 Å². The minimum Gasteiger partial charge on any atom is -0.409 e. The van der Waals surface area contributed by atoms with E-state index < -0.39 is 16.1 Å². The minimum absolute atomic E-state index is 0.0979. The van der Waals surface area contributed by atoms with Gasteiger partial charge in [-0.25, -0.2) is 13.1 Å². The van der Waals surface area contributed by atoms with Crippen LogP contribution in [0.15, 0.2) is 46.6 Å². The van der Waals surface area contributed by atoms with Crippen LogP contribution in [0.4, 0.5) is 0 Å². The fourth-order valence-electron chi connectivity index (χ4n) is 1.75. The van der Waals surface area contributed by atoms with Gasteiger partial charge >= 0.3 is 0 Å². The molecule has 1 aromatic heterocycles. The highest BCUT2D eigenvalue weighted by molar-refractivity contribution is 7.89. The van der Waals surface area contributed by atoms with Gasteiger partial charge in [0, 0.05) is 11.6 Å². The van der Waals surface area contributed by atoms with E-state index in [-0.39, 0.29) is 10.7 Å². The van der Waals surface area contributed by atoms with E-state index in [2.05, 4.69) is 14.9 Å². The molecule has 4 N–H and O–H groups in total. The lowest BCUT2D eigenvalue weighted by atomic mass is 10.2. The quantitative estimate of drug-likeness (QED) is 0.331. The Morgan fingerprint density at radius 3 is 2.85 bits per heavy atom. The first-order valence-corrected chi connectivity index (χ1v) is 7.27. The Hall–Kier alpha value is -2.19. The first kappa shape index (κ1) is 14.2. The number of amidine groups is 1. The Kier molecular flexibility index (Phi) is 3.86. The van der Waals surface area contributed by atoms with Crippen molar-refractivity contribution in [3.8, 4) is 0 Å². The molecular weight excluding hydrogens is 280 g/mol. The second kappa shape index (κ2) is 5.43. The summed E-state index contributed by atoms with van der Waals surface area (Å²) in [5.74, 6) is -0.216. The molecule has 0 fully saturated rings. The first-order chi connectivity index (χ1) is 9.45. The molecule has 1 heterocycles. The Labute approximate surface area is 116 Å². The van der Waals surface area contributed by atoms with Crippen molar-refractivity contribution in [3.63, 3.8) is 0 Å². The van der Waals surface area contributed by atoms with Crippen LogP contribution in [-0.4, -0.2) is 30.5 Å². The molecule has 0 aliphatic rings. The third-order valence-corrected chi connectivity index (χ3v) is 4.39. The summed E-state index contributed by atoms with van der Waals surface area (Å²) < 4.78 is 27.0. The lowest BCUT2D eigenvalue weighted by Gasteiger charge is -2.13. The number of oxime groups is 1. The van der Waals surface area contributed by atoms with Gasteiger partial charge in [-0.15, -0.1) is 0 Å². The molecule has 2 rings (SSSR count). The third kappa shape index (κ3) is 2.70. The summed E-state index contributed by atoms with van der Waals surface area (Å²) in [6, 6.07) is 7.32. The topological polar surface area (TPSA) is 118 Å². The summed E-state index contributed by atoms with van der Waals surface area (Å²) >= 11 is 0. The van der Waals surface area contributed by atoms with Gasteiger partial charge in [0.15, 0.2) is 5.84 Å². The first-order valence-electron chi connectivity index (χ1n) is 5.79. The van der Waals surface area contributed by atoms with Gasteiger partial charge < -0.3 is 10.9 Å². The fourth-order valence-corrected chi connectivity index (χ4v) is 3.19. The average molecular weight is 294 g/mol. The predicted octanol–water partition coefficient (Wildman–Crippen LogP) is 0.648.